The first-order chi connectivity index (χ1) is 19.3. The van der Waals surface area contributed by atoms with Crippen LogP contribution in [0.4, 0.5) is 0 Å². The lowest BCUT2D eigenvalue weighted by atomic mass is 9.61. The number of fused-ring (bicyclic) bond motifs is 1. The Bertz CT molecular complexity index is 1040. The van der Waals surface area contributed by atoms with Crippen molar-refractivity contribution in [1.82, 2.24) is 0 Å². The van der Waals surface area contributed by atoms with Crippen molar-refractivity contribution in [3.63, 3.8) is 0 Å². The van der Waals surface area contributed by atoms with Crippen molar-refractivity contribution in [2.45, 2.75) is 123 Å². The zero-order chi connectivity index (χ0) is 30.1. The second-order valence-corrected chi connectivity index (χ2v) is 13.7. The Morgan fingerprint density at radius 3 is 2.44 bits per heavy atom. The van der Waals surface area contributed by atoms with Crippen molar-refractivity contribution in [3.8, 4) is 0 Å². The second-order valence-electron chi connectivity index (χ2n) is 13.7. The van der Waals surface area contributed by atoms with E-state index in [0.717, 1.165) is 24.0 Å². The number of hydrogen-bond donors (Lipinski definition) is 4. The van der Waals surface area contributed by atoms with Crippen molar-refractivity contribution in [1.29, 1.82) is 0 Å². The summed E-state index contributed by atoms with van der Waals surface area (Å²) in [7, 11) is 0. The highest BCUT2D eigenvalue weighted by atomic mass is 16.7. The van der Waals surface area contributed by atoms with Gasteiger partial charge in [-0.3, -0.25) is 0 Å². The number of aliphatic hydroxyl groups is 3. The van der Waals surface area contributed by atoms with E-state index in [2.05, 4.69) is 65.5 Å². The van der Waals surface area contributed by atoms with Gasteiger partial charge < -0.3 is 29.9 Å². The summed E-state index contributed by atoms with van der Waals surface area (Å²) in [5.74, 6) is 1.68. The molecule has 0 aromatic heterocycles. The lowest BCUT2D eigenvalue weighted by Crippen LogP contribution is -2.60. The quantitative estimate of drug-likeness (QED) is 0.282. The molecule has 7 nitrogen and oxygen atoms in total. The van der Waals surface area contributed by atoms with Gasteiger partial charge in [0.05, 0.1) is 6.10 Å². The number of carbonyl (C=O) groups is 1. The van der Waals surface area contributed by atoms with Crippen LogP contribution < -0.4 is 0 Å². The topological polar surface area (TPSA) is 116 Å². The maximum absolute atomic E-state index is 11.5. The number of ether oxygens (including phenoxy) is 2. The summed E-state index contributed by atoms with van der Waals surface area (Å²) in [6.45, 7) is 16.1. The Balaban J connectivity index is 1.44. The highest BCUT2D eigenvalue weighted by Gasteiger charge is 2.50. The van der Waals surface area contributed by atoms with E-state index in [1.807, 2.05) is 0 Å². The maximum Gasteiger partial charge on any atom is 0.335 e. The van der Waals surface area contributed by atoms with Crippen molar-refractivity contribution in [2.24, 2.45) is 35.0 Å². The van der Waals surface area contributed by atoms with E-state index in [1.54, 1.807) is 0 Å². The predicted molar refractivity (Wildman–Crippen MR) is 159 cm³/mol. The third kappa shape index (κ3) is 6.91. The zero-order valence-electron chi connectivity index (χ0n) is 25.5. The van der Waals surface area contributed by atoms with E-state index in [1.165, 1.54) is 31.3 Å². The summed E-state index contributed by atoms with van der Waals surface area (Å²) in [6, 6.07) is 0. The number of aliphatic hydroxyl groups excluding tert-OH is 3. The Kier molecular flexibility index (Phi) is 10.4. The van der Waals surface area contributed by atoms with Crippen LogP contribution in [0.15, 0.2) is 47.6 Å². The van der Waals surface area contributed by atoms with Gasteiger partial charge >= 0.3 is 5.97 Å². The van der Waals surface area contributed by atoms with Crippen LogP contribution in [0.2, 0.25) is 0 Å². The minimum atomic E-state index is -1.73. The van der Waals surface area contributed by atoms with Crippen molar-refractivity contribution in [3.05, 3.63) is 47.6 Å². The average molecular weight is 573 g/mol. The molecular weight excluding hydrogens is 520 g/mol. The normalized spacial score (nSPS) is 41.7. The van der Waals surface area contributed by atoms with Gasteiger partial charge in [0.15, 0.2) is 12.4 Å². The van der Waals surface area contributed by atoms with Crippen LogP contribution in [0.3, 0.4) is 0 Å². The van der Waals surface area contributed by atoms with Crippen molar-refractivity contribution < 1.29 is 34.7 Å². The molecule has 4 aliphatic rings. The van der Waals surface area contributed by atoms with Gasteiger partial charge in [-0.25, -0.2) is 4.79 Å². The first-order valence-corrected chi connectivity index (χ1v) is 15.7. The van der Waals surface area contributed by atoms with E-state index in [9.17, 15) is 25.2 Å². The molecule has 41 heavy (non-hydrogen) atoms. The molecular formula is C34H52O7. The molecule has 0 bridgehead atoms. The fourth-order valence-corrected chi connectivity index (χ4v) is 7.70. The summed E-state index contributed by atoms with van der Waals surface area (Å²) in [5, 5.41) is 39.8. The molecule has 4 N–H and O–H groups in total. The molecule has 3 saturated carbocycles. The van der Waals surface area contributed by atoms with Crippen molar-refractivity contribution in [2.75, 3.05) is 0 Å². The highest BCUT2D eigenvalue weighted by molar-refractivity contribution is 5.73. The van der Waals surface area contributed by atoms with Crippen molar-refractivity contribution >= 4 is 5.97 Å². The maximum atomic E-state index is 11.5. The van der Waals surface area contributed by atoms with Gasteiger partial charge in [-0.15, -0.1) is 0 Å². The Morgan fingerprint density at radius 2 is 1.76 bits per heavy atom. The molecule has 0 spiro atoms. The summed E-state index contributed by atoms with van der Waals surface area (Å²) >= 11 is 0. The second kappa shape index (κ2) is 13.3. The predicted octanol–water partition coefficient (Wildman–Crippen LogP) is 5.56. The van der Waals surface area contributed by atoms with E-state index in [4.69, 9.17) is 9.47 Å². The van der Waals surface area contributed by atoms with E-state index < -0.39 is 36.7 Å². The molecule has 0 unspecified atom stereocenters. The van der Waals surface area contributed by atoms with Crippen LogP contribution in [0.25, 0.3) is 0 Å². The number of aliphatic carboxylic acids is 1. The van der Waals surface area contributed by atoms with Gasteiger partial charge in [0.2, 0.25) is 0 Å². The number of carboxylic acids is 1. The Morgan fingerprint density at radius 1 is 1.02 bits per heavy atom. The summed E-state index contributed by atoms with van der Waals surface area (Å²) in [6.07, 6.45) is 9.19. The van der Waals surface area contributed by atoms with Crippen LogP contribution >= 0.6 is 0 Å². The molecule has 3 aliphatic carbocycles. The molecule has 1 heterocycles. The van der Waals surface area contributed by atoms with Crippen LogP contribution in [0, 0.1) is 35.0 Å². The van der Waals surface area contributed by atoms with E-state index in [-0.39, 0.29) is 6.10 Å². The molecule has 4 rings (SSSR count). The minimum Gasteiger partial charge on any atom is -0.479 e. The number of carboxylic acid groups (broad SMARTS) is 1. The molecule has 1 aliphatic heterocycles. The van der Waals surface area contributed by atoms with Gasteiger partial charge in [-0.2, -0.15) is 0 Å². The Labute approximate surface area is 246 Å². The molecule has 230 valence electrons. The standard InChI is InChI=1S/C34H52O7/c1-19(2)20(3)9-10-22(5)26-15-16-27-23(8-7-17-34(26,27)6)12-13-24-18-25(14-11-21(24)4)40-33-30(37)28(35)29(36)31(41-33)32(38)39/h9-10,12-13,19-20,22,25-31,33,35-37H,4,7-8,11,14-18H2,1-3,5-6H3,(H,38,39)/b10-9+,23-12+,24-13-/t20-,22+,25-,26+,27-,28-,29-,30+,31-,33+,34+/m0/s1. The van der Waals surface area contributed by atoms with Gasteiger partial charge in [-0.1, -0.05) is 76.6 Å². The fourth-order valence-electron chi connectivity index (χ4n) is 7.70. The van der Waals surface area contributed by atoms with E-state index >= 15 is 0 Å². The van der Waals surface area contributed by atoms with Crippen LogP contribution in [-0.4, -0.2) is 63.2 Å². The average Bonchev–Trinajstić information content (AvgIpc) is 3.29. The van der Waals surface area contributed by atoms with E-state index in [0.29, 0.717) is 47.8 Å². The van der Waals surface area contributed by atoms with Gasteiger partial charge in [0, 0.05) is 0 Å². The third-order valence-corrected chi connectivity index (χ3v) is 10.8. The summed E-state index contributed by atoms with van der Waals surface area (Å²) < 4.78 is 11.3. The lowest BCUT2D eigenvalue weighted by molar-refractivity contribution is -0.304. The zero-order valence-corrected chi connectivity index (χ0v) is 25.5. The molecule has 0 aromatic carbocycles. The van der Waals surface area contributed by atoms with Gasteiger partial charge in [0.1, 0.15) is 18.3 Å². The summed E-state index contributed by atoms with van der Waals surface area (Å²) in [4.78, 5) is 11.5. The lowest BCUT2D eigenvalue weighted by Gasteiger charge is -2.44. The number of allylic oxidation sites excluding steroid dienone is 6. The van der Waals surface area contributed by atoms with Crippen LogP contribution in [0.5, 0.6) is 0 Å². The molecule has 0 radical (unpaired) electrons. The summed E-state index contributed by atoms with van der Waals surface area (Å²) in [5.41, 5.74) is 3.99. The first-order valence-electron chi connectivity index (χ1n) is 15.7. The Hall–Kier alpha value is -1.77. The molecule has 4 fully saturated rings. The van der Waals surface area contributed by atoms with Crippen LogP contribution in [0.1, 0.15) is 86.0 Å². The number of hydrogen-bond acceptors (Lipinski definition) is 6. The largest absolute Gasteiger partial charge is 0.479 e. The third-order valence-electron chi connectivity index (χ3n) is 10.8. The molecule has 7 heteroatoms. The monoisotopic (exact) mass is 572 g/mol. The first kappa shape index (κ1) is 32.2. The van der Waals surface area contributed by atoms with Crippen LogP contribution in [-0.2, 0) is 14.3 Å². The minimum absolute atomic E-state index is 0.309. The fraction of sp³-hybridized carbons (Fsp3) is 0.735. The molecule has 0 aromatic rings. The van der Waals surface area contributed by atoms with Gasteiger partial charge in [-0.05, 0) is 91.9 Å². The SMILES string of the molecule is C=C1CC[C@H](O[C@@H]2O[C@H](C(=O)O)[C@@H](O)[C@H](O)[C@H]2O)C/C1=C/C=C1\CCC[C@]2(C)[C@@H]([C@H](C)/C=C/[C@H](C)C(C)C)CC[C@@H]12. The smallest absolute Gasteiger partial charge is 0.335 e. The highest BCUT2D eigenvalue weighted by Crippen LogP contribution is 2.59. The molecule has 1 saturated heterocycles. The molecule has 11 atom stereocenters. The molecule has 0 amide bonds. The number of rotatable bonds is 8. The van der Waals surface area contributed by atoms with Gasteiger partial charge in [0.25, 0.3) is 0 Å².